The van der Waals surface area contributed by atoms with Gasteiger partial charge in [-0.25, -0.2) is 13.1 Å². The van der Waals surface area contributed by atoms with Crippen LogP contribution in [0.1, 0.15) is 50.5 Å². The summed E-state index contributed by atoms with van der Waals surface area (Å²) in [6.45, 7) is 2.75. The Balaban J connectivity index is 1.40. The van der Waals surface area contributed by atoms with Crippen molar-refractivity contribution in [2.75, 3.05) is 30.3 Å². The summed E-state index contributed by atoms with van der Waals surface area (Å²) in [5, 5.41) is 2.70. The molecule has 1 saturated carbocycles. The van der Waals surface area contributed by atoms with Crippen molar-refractivity contribution in [3.63, 3.8) is 0 Å². The van der Waals surface area contributed by atoms with Gasteiger partial charge in [0.05, 0.1) is 5.75 Å². The zero-order valence-electron chi connectivity index (χ0n) is 16.3. The molecule has 0 spiro atoms. The highest BCUT2D eigenvalue weighted by Crippen LogP contribution is 2.38. The van der Waals surface area contributed by atoms with E-state index in [0.717, 1.165) is 24.1 Å². The van der Waals surface area contributed by atoms with Gasteiger partial charge in [-0.2, -0.15) is 0 Å². The number of benzene rings is 1. The Morgan fingerprint density at radius 1 is 1.21 bits per heavy atom. The predicted molar refractivity (Wildman–Crippen MR) is 109 cm³/mol. The standard InChI is InChI=1S/C20H29N3O4S/c1-15(24)23-14-17(18-7-2-3-8-19(18)23)9-10-20(25)21-11-12-28(26,27)22-13-16-5-4-6-16/h2-3,7-8,16-17,22H,4-6,9-14H2,1H3,(H,21,25). The summed E-state index contributed by atoms with van der Waals surface area (Å²) < 4.78 is 26.5. The van der Waals surface area contributed by atoms with E-state index in [1.165, 1.54) is 6.42 Å². The van der Waals surface area contributed by atoms with Crippen LogP contribution in [0.5, 0.6) is 0 Å². The second-order valence-electron chi connectivity index (χ2n) is 7.74. The van der Waals surface area contributed by atoms with Crippen molar-refractivity contribution < 1.29 is 18.0 Å². The van der Waals surface area contributed by atoms with Crippen molar-refractivity contribution in [1.29, 1.82) is 0 Å². The van der Waals surface area contributed by atoms with Gasteiger partial charge < -0.3 is 10.2 Å². The molecule has 0 bridgehead atoms. The number of rotatable bonds is 9. The smallest absolute Gasteiger partial charge is 0.223 e. The van der Waals surface area contributed by atoms with Crippen LogP contribution in [-0.2, 0) is 19.6 Å². The monoisotopic (exact) mass is 407 g/mol. The van der Waals surface area contributed by atoms with Crippen molar-refractivity contribution >= 4 is 27.5 Å². The second kappa shape index (κ2) is 9.05. The lowest BCUT2D eigenvalue weighted by Crippen LogP contribution is -2.37. The molecule has 3 rings (SSSR count). The molecule has 2 aliphatic rings. The average molecular weight is 408 g/mol. The zero-order chi connectivity index (χ0) is 20.1. The number of fused-ring (bicyclic) bond motifs is 1. The van der Waals surface area contributed by atoms with Gasteiger partial charge in [-0.05, 0) is 36.8 Å². The van der Waals surface area contributed by atoms with E-state index in [9.17, 15) is 18.0 Å². The average Bonchev–Trinajstić information content (AvgIpc) is 2.97. The maximum absolute atomic E-state index is 12.1. The topological polar surface area (TPSA) is 95.6 Å². The minimum absolute atomic E-state index is 0.000918. The van der Waals surface area contributed by atoms with E-state index in [-0.39, 0.29) is 30.0 Å². The SMILES string of the molecule is CC(=O)N1CC(CCC(=O)NCCS(=O)(=O)NCC2CCC2)c2ccccc21. The Bertz CT molecular complexity index is 820. The highest BCUT2D eigenvalue weighted by Gasteiger charge is 2.30. The van der Waals surface area contributed by atoms with Crippen molar-refractivity contribution in [2.45, 2.75) is 44.9 Å². The number of hydrogen-bond donors (Lipinski definition) is 2. The van der Waals surface area contributed by atoms with E-state index in [2.05, 4.69) is 10.0 Å². The van der Waals surface area contributed by atoms with E-state index in [0.29, 0.717) is 31.8 Å². The minimum Gasteiger partial charge on any atom is -0.355 e. The number of carbonyl (C=O) groups is 2. The molecule has 1 aliphatic carbocycles. The van der Waals surface area contributed by atoms with E-state index < -0.39 is 10.0 Å². The van der Waals surface area contributed by atoms with Crippen LogP contribution in [0.2, 0.25) is 0 Å². The first-order valence-corrected chi connectivity index (χ1v) is 11.6. The van der Waals surface area contributed by atoms with Gasteiger partial charge >= 0.3 is 0 Å². The number of nitrogens with zero attached hydrogens (tertiary/aromatic N) is 1. The third kappa shape index (κ3) is 5.32. The lowest BCUT2D eigenvalue weighted by atomic mass is 9.86. The third-order valence-corrected chi connectivity index (χ3v) is 7.03. The van der Waals surface area contributed by atoms with Gasteiger partial charge in [0.15, 0.2) is 0 Å². The second-order valence-corrected chi connectivity index (χ2v) is 9.66. The van der Waals surface area contributed by atoms with Gasteiger partial charge in [-0.1, -0.05) is 24.6 Å². The first-order valence-electron chi connectivity index (χ1n) is 9.97. The van der Waals surface area contributed by atoms with Crippen LogP contribution in [0, 0.1) is 5.92 Å². The highest BCUT2D eigenvalue weighted by atomic mass is 32.2. The molecule has 0 aromatic heterocycles. The van der Waals surface area contributed by atoms with Gasteiger partial charge in [0, 0.05) is 44.6 Å². The molecule has 1 aromatic rings. The molecule has 28 heavy (non-hydrogen) atoms. The maximum atomic E-state index is 12.1. The number of amides is 2. The Morgan fingerprint density at radius 3 is 2.64 bits per heavy atom. The van der Waals surface area contributed by atoms with Crippen molar-refractivity contribution in [3.8, 4) is 0 Å². The molecule has 1 aliphatic heterocycles. The summed E-state index contributed by atoms with van der Waals surface area (Å²) in [4.78, 5) is 25.7. The van der Waals surface area contributed by atoms with Crippen LogP contribution in [-0.4, -0.2) is 45.6 Å². The summed E-state index contributed by atoms with van der Waals surface area (Å²) >= 11 is 0. The third-order valence-electron chi connectivity index (χ3n) is 5.68. The quantitative estimate of drug-likeness (QED) is 0.652. The first-order chi connectivity index (χ1) is 13.4. The maximum Gasteiger partial charge on any atom is 0.223 e. The largest absolute Gasteiger partial charge is 0.355 e. The number of hydrogen-bond acceptors (Lipinski definition) is 4. The normalized spacial score (nSPS) is 19.2. The fraction of sp³-hybridized carbons (Fsp3) is 0.600. The summed E-state index contributed by atoms with van der Waals surface area (Å²) in [5.41, 5.74) is 2.01. The number of sulfonamides is 1. The minimum atomic E-state index is -3.34. The summed E-state index contributed by atoms with van der Waals surface area (Å²) in [6, 6.07) is 7.78. The Kier molecular flexibility index (Phi) is 6.72. The fourth-order valence-electron chi connectivity index (χ4n) is 3.77. The Morgan fingerprint density at radius 2 is 1.96 bits per heavy atom. The van der Waals surface area contributed by atoms with Gasteiger partial charge in [0.25, 0.3) is 0 Å². The molecule has 8 heteroatoms. The van der Waals surface area contributed by atoms with Crippen LogP contribution in [0.3, 0.4) is 0 Å². The molecule has 7 nitrogen and oxygen atoms in total. The molecule has 0 radical (unpaired) electrons. The molecular formula is C20H29N3O4S. The first kappa shape index (κ1) is 20.8. The number of para-hydroxylation sites is 1. The molecule has 0 saturated heterocycles. The molecule has 1 aromatic carbocycles. The lowest BCUT2D eigenvalue weighted by molar-refractivity contribution is -0.121. The van der Waals surface area contributed by atoms with E-state index in [1.54, 1.807) is 11.8 Å². The van der Waals surface area contributed by atoms with E-state index >= 15 is 0 Å². The summed E-state index contributed by atoms with van der Waals surface area (Å²) in [6.07, 6.45) is 4.28. The van der Waals surface area contributed by atoms with Gasteiger partial charge in [-0.15, -0.1) is 0 Å². The predicted octanol–water partition coefficient (Wildman–Crippen LogP) is 1.75. The summed E-state index contributed by atoms with van der Waals surface area (Å²) in [5.74, 6) is 0.328. The molecule has 2 amide bonds. The molecule has 1 atom stereocenters. The zero-order valence-corrected chi connectivity index (χ0v) is 17.1. The van der Waals surface area contributed by atoms with Crippen LogP contribution in [0.4, 0.5) is 5.69 Å². The molecular weight excluding hydrogens is 378 g/mol. The number of anilines is 1. The lowest BCUT2D eigenvalue weighted by Gasteiger charge is -2.25. The number of carbonyl (C=O) groups excluding carboxylic acids is 2. The summed E-state index contributed by atoms with van der Waals surface area (Å²) in [7, 11) is -3.34. The van der Waals surface area contributed by atoms with Gasteiger partial charge in [-0.3, -0.25) is 9.59 Å². The molecule has 154 valence electrons. The van der Waals surface area contributed by atoms with Crippen LogP contribution in [0.25, 0.3) is 0 Å². The van der Waals surface area contributed by atoms with Crippen LogP contribution < -0.4 is 14.9 Å². The Hall–Kier alpha value is -1.93. The highest BCUT2D eigenvalue weighted by molar-refractivity contribution is 7.89. The van der Waals surface area contributed by atoms with Crippen molar-refractivity contribution in [1.82, 2.24) is 10.0 Å². The Labute approximate surface area is 166 Å². The van der Waals surface area contributed by atoms with Gasteiger partial charge in [0.2, 0.25) is 21.8 Å². The van der Waals surface area contributed by atoms with Gasteiger partial charge in [0.1, 0.15) is 0 Å². The van der Waals surface area contributed by atoms with Crippen molar-refractivity contribution in [2.24, 2.45) is 5.92 Å². The van der Waals surface area contributed by atoms with Crippen LogP contribution >= 0.6 is 0 Å². The number of nitrogens with one attached hydrogen (secondary N) is 2. The van der Waals surface area contributed by atoms with E-state index in [4.69, 9.17) is 0 Å². The van der Waals surface area contributed by atoms with E-state index in [1.807, 2.05) is 24.3 Å². The molecule has 2 N–H and O–H groups in total. The van der Waals surface area contributed by atoms with Crippen LogP contribution in [0.15, 0.2) is 24.3 Å². The molecule has 1 fully saturated rings. The molecule has 1 unspecified atom stereocenters. The molecule has 1 heterocycles. The van der Waals surface area contributed by atoms with Crippen molar-refractivity contribution in [3.05, 3.63) is 29.8 Å². The fourth-order valence-corrected chi connectivity index (χ4v) is 4.78.